The van der Waals surface area contributed by atoms with E-state index in [0.717, 1.165) is 5.56 Å². The number of ether oxygens (including phenoxy) is 1. The van der Waals surface area contributed by atoms with Crippen LogP contribution in [0.3, 0.4) is 0 Å². The molecule has 2 aromatic rings. The molecule has 0 saturated heterocycles. The minimum atomic E-state index is -0.881. The number of nitrogen functional groups attached to an aromatic ring is 1. The van der Waals surface area contributed by atoms with Crippen molar-refractivity contribution in [2.75, 3.05) is 12.8 Å². The van der Waals surface area contributed by atoms with Crippen molar-refractivity contribution < 1.29 is 13.9 Å². The van der Waals surface area contributed by atoms with Gasteiger partial charge in [-0.05, 0) is 43.0 Å². The summed E-state index contributed by atoms with van der Waals surface area (Å²) in [6.45, 7) is 1.90. The number of aromatic nitrogens is 1. The number of hydrazine groups is 1. The molecule has 0 fully saturated rings. The molecule has 33 heavy (non-hydrogen) atoms. The fourth-order valence-electron chi connectivity index (χ4n) is 3.24. The van der Waals surface area contributed by atoms with E-state index < -0.39 is 18.1 Å². The first kappa shape index (κ1) is 25.5. The fourth-order valence-corrected chi connectivity index (χ4v) is 3.24. The maximum atomic E-state index is 13.0. The van der Waals surface area contributed by atoms with E-state index in [1.807, 2.05) is 19.1 Å². The SMILES string of the molecule is C/C=C\CCC(/C=C/F)N(N)/C(=N\N)c1cc(-c2ccc(C(N)C(=O)OC)cc2)cnc1N. The van der Waals surface area contributed by atoms with Crippen molar-refractivity contribution in [2.24, 2.45) is 22.5 Å². The molecule has 0 aliphatic carbocycles. The second-order valence-electron chi connectivity index (χ2n) is 7.17. The number of rotatable bonds is 9. The summed E-state index contributed by atoms with van der Waals surface area (Å²) in [5.74, 6) is 11.7. The Labute approximate surface area is 192 Å². The normalized spacial score (nSPS) is 13.9. The van der Waals surface area contributed by atoms with E-state index in [9.17, 15) is 9.18 Å². The molecule has 0 saturated carbocycles. The Morgan fingerprint density at radius 2 is 2.00 bits per heavy atom. The monoisotopic (exact) mass is 455 g/mol. The van der Waals surface area contributed by atoms with Gasteiger partial charge < -0.3 is 22.0 Å². The van der Waals surface area contributed by atoms with Gasteiger partial charge in [-0.25, -0.2) is 15.2 Å². The molecule has 0 aliphatic rings. The second-order valence-corrected chi connectivity index (χ2v) is 7.17. The number of amidine groups is 1. The van der Waals surface area contributed by atoms with E-state index in [1.54, 1.807) is 36.5 Å². The van der Waals surface area contributed by atoms with Gasteiger partial charge in [-0.3, -0.25) is 9.80 Å². The van der Waals surface area contributed by atoms with E-state index >= 15 is 0 Å². The smallest absolute Gasteiger partial charge is 0.327 e. The first-order valence-corrected chi connectivity index (χ1v) is 10.3. The van der Waals surface area contributed by atoms with Crippen LogP contribution in [0.25, 0.3) is 11.1 Å². The maximum Gasteiger partial charge on any atom is 0.327 e. The van der Waals surface area contributed by atoms with E-state index in [4.69, 9.17) is 23.2 Å². The van der Waals surface area contributed by atoms with Crippen molar-refractivity contribution >= 4 is 17.6 Å². The number of hydrazone groups is 1. The molecule has 0 bridgehead atoms. The molecule has 1 aromatic carbocycles. The first-order valence-electron chi connectivity index (χ1n) is 10.3. The summed E-state index contributed by atoms with van der Waals surface area (Å²) in [5, 5.41) is 5.08. The maximum absolute atomic E-state index is 13.0. The molecule has 0 amide bonds. The predicted octanol–water partition coefficient (Wildman–Crippen LogP) is 2.51. The number of carbonyl (C=O) groups excluding carboxylic acids is 1. The minimum absolute atomic E-state index is 0.162. The molecule has 176 valence electrons. The molecule has 8 N–H and O–H groups in total. The fraction of sp³-hybridized carbons (Fsp3) is 0.261. The van der Waals surface area contributed by atoms with E-state index in [2.05, 4.69) is 14.8 Å². The van der Waals surface area contributed by atoms with Crippen molar-refractivity contribution in [1.29, 1.82) is 0 Å². The van der Waals surface area contributed by atoms with Crippen LogP contribution < -0.4 is 23.2 Å². The van der Waals surface area contributed by atoms with Crippen molar-refractivity contribution in [2.45, 2.75) is 31.8 Å². The van der Waals surface area contributed by atoms with Crippen LogP contribution in [0, 0.1) is 0 Å². The Kier molecular flexibility index (Phi) is 9.52. The molecule has 2 rings (SSSR count). The van der Waals surface area contributed by atoms with Gasteiger partial charge in [-0.15, -0.1) is 0 Å². The van der Waals surface area contributed by atoms with E-state index in [0.29, 0.717) is 35.9 Å². The van der Waals surface area contributed by atoms with Crippen LogP contribution in [0.4, 0.5) is 10.2 Å². The highest BCUT2D eigenvalue weighted by atomic mass is 19.1. The van der Waals surface area contributed by atoms with Gasteiger partial charge >= 0.3 is 5.97 Å². The molecular formula is C23H30FN7O2. The van der Waals surface area contributed by atoms with E-state index in [-0.39, 0.29) is 11.7 Å². The van der Waals surface area contributed by atoms with Crippen LogP contribution in [-0.2, 0) is 9.53 Å². The zero-order valence-electron chi connectivity index (χ0n) is 18.7. The highest BCUT2D eigenvalue weighted by Crippen LogP contribution is 2.25. The summed E-state index contributed by atoms with van der Waals surface area (Å²) in [4.78, 5) is 15.9. The third-order valence-corrected chi connectivity index (χ3v) is 5.10. The number of allylic oxidation sites excluding steroid dienone is 2. The van der Waals surface area contributed by atoms with Gasteiger partial charge in [-0.1, -0.05) is 36.4 Å². The number of nitrogens with two attached hydrogens (primary N) is 4. The molecule has 1 aromatic heterocycles. The Balaban J connectivity index is 2.37. The van der Waals surface area contributed by atoms with E-state index in [1.165, 1.54) is 18.2 Å². The number of hydrogen-bond donors (Lipinski definition) is 4. The second kappa shape index (κ2) is 12.3. The molecule has 0 aliphatic heterocycles. The summed E-state index contributed by atoms with van der Waals surface area (Å²) in [6.07, 6.45) is 8.44. The number of methoxy groups -OCH3 is 1. The highest BCUT2D eigenvalue weighted by Gasteiger charge is 2.22. The zero-order chi connectivity index (χ0) is 24.4. The van der Waals surface area contributed by atoms with Gasteiger partial charge in [0.05, 0.1) is 25.0 Å². The summed E-state index contributed by atoms with van der Waals surface area (Å²) in [7, 11) is 1.28. The molecule has 10 heteroatoms. The molecule has 2 unspecified atom stereocenters. The molecular weight excluding hydrogens is 425 g/mol. The number of carbonyl (C=O) groups is 1. The van der Waals surface area contributed by atoms with Crippen LogP contribution in [0.1, 0.15) is 36.9 Å². The topological polar surface area (TPSA) is 159 Å². The van der Waals surface area contributed by atoms with Crippen molar-refractivity contribution in [1.82, 2.24) is 9.99 Å². The van der Waals surface area contributed by atoms with Crippen LogP contribution in [0.5, 0.6) is 0 Å². The Hall–Kier alpha value is -3.76. The van der Waals surface area contributed by atoms with Gasteiger partial charge in [0.2, 0.25) is 0 Å². The lowest BCUT2D eigenvalue weighted by Crippen LogP contribution is -2.46. The molecule has 2 atom stereocenters. The predicted molar refractivity (Wildman–Crippen MR) is 128 cm³/mol. The van der Waals surface area contributed by atoms with Crippen molar-refractivity contribution in [3.05, 3.63) is 72.2 Å². The minimum Gasteiger partial charge on any atom is -0.468 e. The first-order chi connectivity index (χ1) is 15.9. The summed E-state index contributed by atoms with van der Waals surface area (Å²) in [6, 6.07) is 7.39. The van der Waals surface area contributed by atoms with Gasteiger partial charge in [0.25, 0.3) is 0 Å². The zero-order valence-corrected chi connectivity index (χ0v) is 18.7. The third kappa shape index (κ3) is 6.37. The van der Waals surface area contributed by atoms with Crippen LogP contribution >= 0.6 is 0 Å². The average molecular weight is 456 g/mol. The van der Waals surface area contributed by atoms with Crippen LogP contribution in [0.2, 0.25) is 0 Å². The van der Waals surface area contributed by atoms with Crippen LogP contribution in [0.15, 0.2) is 66.2 Å². The van der Waals surface area contributed by atoms with Crippen LogP contribution in [-0.4, -0.2) is 34.9 Å². The Morgan fingerprint density at radius 1 is 1.30 bits per heavy atom. The van der Waals surface area contributed by atoms with Gasteiger partial charge in [0.15, 0.2) is 5.84 Å². The Bertz CT molecular complexity index is 1020. The largest absolute Gasteiger partial charge is 0.468 e. The molecule has 9 nitrogen and oxygen atoms in total. The molecule has 0 radical (unpaired) electrons. The number of anilines is 1. The average Bonchev–Trinajstić information content (AvgIpc) is 2.84. The van der Waals surface area contributed by atoms with Gasteiger partial charge in [0, 0.05) is 11.8 Å². The Morgan fingerprint density at radius 3 is 2.58 bits per heavy atom. The summed E-state index contributed by atoms with van der Waals surface area (Å²) < 4.78 is 17.7. The number of nitrogens with zero attached hydrogens (tertiary/aromatic N) is 3. The lowest BCUT2D eigenvalue weighted by atomic mass is 10.0. The standard InChI is InChI=1S/C23H30FN7O2/c1-3-4-5-6-18(11-12-24)31(28)22(30-27)19-13-17(14-29-21(19)26)15-7-9-16(10-8-15)20(25)23(32)33-2/h3-4,7-14,18,20H,5-6,25,27-28H2,1-2H3,(H2,26,29)/b4-3-,12-11+,30-22-. The molecule has 0 spiro atoms. The summed E-state index contributed by atoms with van der Waals surface area (Å²) >= 11 is 0. The molecule has 1 heterocycles. The lowest BCUT2D eigenvalue weighted by Gasteiger charge is -2.27. The lowest BCUT2D eigenvalue weighted by molar-refractivity contribution is -0.142. The summed E-state index contributed by atoms with van der Waals surface area (Å²) in [5.41, 5.74) is 14.5. The number of esters is 1. The number of halogens is 1. The number of pyridine rings is 1. The number of benzene rings is 1. The van der Waals surface area contributed by atoms with Gasteiger partial charge in [0.1, 0.15) is 11.9 Å². The third-order valence-electron chi connectivity index (χ3n) is 5.10. The number of hydrogen-bond acceptors (Lipinski definition) is 8. The highest BCUT2D eigenvalue weighted by molar-refractivity contribution is 6.03. The quantitative estimate of drug-likeness (QED) is 0.112. The van der Waals surface area contributed by atoms with Crippen molar-refractivity contribution in [3.63, 3.8) is 0 Å². The van der Waals surface area contributed by atoms with Gasteiger partial charge in [-0.2, -0.15) is 5.10 Å². The van der Waals surface area contributed by atoms with Crippen molar-refractivity contribution in [3.8, 4) is 11.1 Å².